The average molecular weight is 315 g/mol. The van der Waals surface area contributed by atoms with Gasteiger partial charge in [0, 0.05) is 19.9 Å². The summed E-state index contributed by atoms with van der Waals surface area (Å²) >= 11 is 0. The molecule has 1 amide bonds. The number of nitrogens with zero attached hydrogens (tertiary/aromatic N) is 2. The van der Waals surface area contributed by atoms with E-state index in [0.29, 0.717) is 26.2 Å². The van der Waals surface area contributed by atoms with Crippen molar-refractivity contribution in [2.45, 2.75) is 19.5 Å². The zero-order valence-electron chi connectivity index (χ0n) is 13.2. The van der Waals surface area contributed by atoms with Crippen molar-refractivity contribution in [2.75, 3.05) is 20.3 Å². The van der Waals surface area contributed by atoms with E-state index in [1.165, 1.54) is 0 Å². The maximum absolute atomic E-state index is 12.4. The molecular weight excluding hydrogens is 294 g/mol. The number of aromatic nitrogens is 2. The van der Waals surface area contributed by atoms with Gasteiger partial charge in [0.05, 0.1) is 31.1 Å². The van der Waals surface area contributed by atoms with Crippen molar-refractivity contribution < 1.29 is 14.3 Å². The predicted molar refractivity (Wildman–Crippen MR) is 85.1 cm³/mol. The first-order valence-corrected chi connectivity index (χ1v) is 7.74. The van der Waals surface area contributed by atoms with Crippen LogP contribution in [0.25, 0.3) is 0 Å². The molecule has 1 atom stereocenters. The second-order valence-corrected chi connectivity index (χ2v) is 5.61. The van der Waals surface area contributed by atoms with Gasteiger partial charge in [-0.3, -0.25) is 4.79 Å². The highest BCUT2D eigenvalue weighted by Gasteiger charge is 2.25. The van der Waals surface area contributed by atoms with Crippen LogP contribution in [0, 0.1) is 5.92 Å². The van der Waals surface area contributed by atoms with E-state index in [4.69, 9.17) is 9.47 Å². The number of hydrogen-bond acceptors (Lipinski definition) is 4. The Balaban J connectivity index is 1.55. The molecule has 0 bridgehead atoms. The third kappa shape index (κ3) is 3.71. The average Bonchev–Trinajstić information content (AvgIpc) is 3.04. The zero-order valence-corrected chi connectivity index (χ0v) is 13.2. The smallest absolute Gasteiger partial charge is 0.227 e. The molecule has 1 N–H and O–H groups in total. The summed E-state index contributed by atoms with van der Waals surface area (Å²) in [6.07, 6.45) is 4.23. The van der Waals surface area contributed by atoms with Crippen molar-refractivity contribution >= 4 is 5.91 Å². The second kappa shape index (κ2) is 7.28. The van der Waals surface area contributed by atoms with Crippen LogP contribution in [0.5, 0.6) is 5.75 Å². The molecule has 23 heavy (non-hydrogen) atoms. The lowest BCUT2D eigenvalue weighted by Gasteiger charge is -2.24. The van der Waals surface area contributed by atoms with E-state index in [1.54, 1.807) is 19.6 Å². The number of carbonyl (C=O) groups is 1. The molecular formula is C17H21N3O3. The molecule has 1 aromatic carbocycles. The SMILES string of the molecule is COCCn1cncc1CNC(=O)[C@@H]1COc2ccccc2C1. The molecule has 0 radical (unpaired) electrons. The van der Waals surface area contributed by atoms with E-state index in [-0.39, 0.29) is 11.8 Å². The van der Waals surface area contributed by atoms with Gasteiger partial charge in [0.1, 0.15) is 12.4 Å². The quantitative estimate of drug-likeness (QED) is 0.875. The van der Waals surface area contributed by atoms with Crippen molar-refractivity contribution in [3.8, 4) is 5.75 Å². The van der Waals surface area contributed by atoms with Gasteiger partial charge in [-0.1, -0.05) is 18.2 Å². The Morgan fingerprint density at radius 1 is 1.48 bits per heavy atom. The molecule has 122 valence electrons. The van der Waals surface area contributed by atoms with E-state index in [9.17, 15) is 4.79 Å². The molecule has 6 nitrogen and oxygen atoms in total. The summed E-state index contributed by atoms with van der Waals surface area (Å²) in [6.45, 7) is 2.22. The number of rotatable bonds is 6. The molecule has 0 spiro atoms. The normalized spacial score (nSPS) is 16.5. The van der Waals surface area contributed by atoms with Crippen LogP contribution in [0.4, 0.5) is 0 Å². The molecule has 1 aliphatic rings. The molecule has 0 unspecified atom stereocenters. The van der Waals surface area contributed by atoms with Crippen LogP contribution in [-0.4, -0.2) is 35.8 Å². The van der Waals surface area contributed by atoms with Crippen LogP contribution >= 0.6 is 0 Å². The van der Waals surface area contributed by atoms with Crippen molar-refractivity contribution in [1.29, 1.82) is 0 Å². The molecule has 0 fully saturated rings. The van der Waals surface area contributed by atoms with E-state index in [0.717, 1.165) is 23.6 Å². The Morgan fingerprint density at radius 2 is 2.35 bits per heavy atom. The lowest BCUT2D eigenvalue weighted by Crippen LogP contribution is -2.37. The Kier molecular flexibility index (Phi) is 4.92. The number of carbonyl (C=O) groups excluding carboxylic acids is 1. The molecule has 3 rings (SSSR count). The zero-order chi connectivity index (χ0) is 16.1. The summed E-state index contributed by atoms with van der Waals surface area (Å²) in [5.41, 5.74) is 2.05. The lowest BCUT2D eigenvalue weighted by atomic mass is 9.96. The van der Waals surface area contributed by atoms with E-state index >= 15 is 0 Å². The number of hydrogen-bond donors (Lipinski definition) is 1. The van der Waals surface area contributed by atoms with Gasteiger partial charge in [0.25, 0.3) is 0 Å². The van der Waals surface area contributed by atoms with Crippen LogP contribution in [0.1, 0.15) is 11.3 Å². The molecule has 2 heterocycles. The van der Waals surface area contributed by atoms with Gasteiger partial charge in [-0.25, -0.2) is 4.98 Å². The molecule has 0 aliphatic carbocycles. The monoisotopic (exact) mass is 315 g/mol. The number of imidazole rings is 1. The number of benzene rings is 1. The van der Waals surface area contributed by atoms with Gasteiger partial charge in [0.15, 0.2) is 0 Å². The van der Waals surface area contributed by atoms with Crippen LogP contribution in [0.2, 0.25) is 0 Å². The molecule has 1 aromatic heterocycles. The Hall–Kier alpha value is -2.34. The number of amides is 1. The summed E-state index contributed by atoms with van der Waals surface area (Å²) in [7, 11) is 1.67. The summed E-state index contributed by atoms with van der Waals surface area (Å²) in [5.74, 6) is 0.744. The van der Waals surface area contributed by atoms with Gasteiger partial charge in [-0.05, 0) is 18.1 Å². The predicted octanol–water partition coefficient (Wildman–Crippen LogP) is 1.40. The summed E-state index contributed by atoms with van der Waals surface area (Å²) in [5, 5.41) is 2.98. The summed E-state index contributed by atoms with van der Waals surface area (Å²) < 4.78 is 12.7. The number of para-hydroxylation sites is 1. The fourth-order valence-corrected chi connectivity index (χ4v) is 2.70. The maximum Gasteiger partial charge on any atom is 0.227 e. The van der Waals surface area contributed by atoms with Gasteiger partial charge in [-0.2, -0.15) is 0 Å². The van der Waals surface area contributed by atoms with E-state index in [1.807, 2.05) is 28.8 Å². The number of ether oxygens (including phenoxy) is 2. The minimum absolute atomic E-state index is 0.0130. The fraction of sp³-hybridized carbons (Fsp3) is 0.412. The minimum atomic E-state index is -0.153. The molecule has 2 aromatic rings. The molecule has 0 saturated heterocycles. The van der Waals surface area contributed by atoms with Crippen LogP contribution in [0.3, 0.4) is 0 Å². The van der Waals surface area contributed by atoms with E-state index in [2.05, 4.69) is 10.3 Å². The van der Waals surface area contributed by atoms with Crippen molar-refractivity contribution in [2.24, 2.45) is 5.92 Å². The summed E-state index contributed by atoms with van der Waals surface area (Å²) in [6, 6.07) is 7.86. The first kappa shape index (κ1) is 15.6. The van der Waals surface area contributed by atoms with Crippen molar-refractivity contribution in [1.82, 2.24) is 14.9 Å². The van der Waals surface area contributed by atoms with Crippen molar-refractivity contribution in [3.05, 3.63) is 48.0 Å². The number of nitrogens with one attached hydrogen (secondary N) is 1. The number of fused-ring (bicyclic) bond motifs is 1. The molecule has 0 saturated carbocycles. The maximum atomic E-state index is 12.4. The minimum Gasteiger partial charge on any atom is -0.492 e. The number of methoxy groups -OCH3 is 1. The van der Waals surface area contributed by atoms with Gasteiger partial charge in [-0.15, -0.1) is 0 Å². The van der Waals surface area contributed by atoms with E-state index < -0.39 is 0 Å². The Bertz CT molecular complexity index is 669. The van der Waals surface area contributed by atoms with Crippen LogP contribution < -0.4 is 10.1 Å². The van der Waals surface area contributed by atoms with Gasteiger partial charge < -0.3 is 19.4 Å². The highest BCUT2D eigenvalue weighted by atomic mass is 16.5. The van der Waals surface area contributed by atoms with Crippen LogP contribution in [-0.2, 0) is 29.0 Å². The van der Waals surface area contributed by atoms with Gasteiger partial charge in [0.2, 0.25) is 5.91 Å². The van der Waals surface area contributed by atoms with Gasteiger partial charge >= 0.3 is 0 Å². The highest BCUT2D eigenvalue weighted by molar-refractivity contribution is 5.79. The lowest BCUT2D eigenvalue weighted by molar-refractivity contribution is -0.126. The topological polar surface area (TPSA) is 65.4 Å². The second-order valence-electron chi connectivity index (χ2n) is 5.61. The Morgan fingerprint density at radius 3 is 3.22 bits per heavy atom. The van der Waals surface area contributed by atoms with Crippen molar-refractivity contribution in [3.63, 3.8) is 0 Å². The molecule has 6 heteroatoms. The first-order chi connectivity index (χ1) is 11.3. The summed E-state index contributed by atoms with van der Waals surface area (Å²) in [4.78, 5) is 16.5. The standard InChI is InChI=1S/C17H21N3O3/c1-22-7-6-20-12-18-9-15(20)10-19-17(21)14-8-13-4-2-3-5-16(13)23-11-14/h2-5,9,12,14H,6-8,10-11H2,1H3,(H,19,21)/t14-/m0/s1. The molecule has 1 aliphatic heterocycles. The third-order valence-electron chi connectivity index (χ3n) is 4.03. The highest BCUT2D eigenvalue weighted by Crippen LogP contribution is 2.26. The largest absolute Gasteiger partial charge is 0.492 e. The third-order valence-corrected chi connectivity index (χ3v) is 4.03. The Labute approximate surface area is 135 Å². The fourth-order valence-electron chi connectivity index (χ4n) is 2.70. The van der Waals surface area contributed by atoms with Crippen LogP contribution in [0.15, 0.2) is 36.8 Å². The first-order valence-electron chi connectivity index (χ1n) is 7.74.